The molecule has 0 spiro atoms. The summed E-state index contributed by atoms with van der Waals surface area (Å²) in [5.74, 6) is -3.93. The minimum atomic E-state index is -2.91. The van der Waals surface area contributed by atoms with Gasteiger partial charge in [-0.3, -0.25) is 14.4 Å². The summed E-state index contributed by atoms with van der Waals surface area (Å²) in [5.41, 5.74) is -0.847. The third kappa shape index (κ3) is 11.1. The van der Waals surface area contributed by atoms with Crippen molar-refractivity contribution in [3.8, 4) is 0 Å². The van der Waals surface area contributed by atoms with Crippen LogP contribution in [0.3, 0.4) is 0 Å². The lowest BCUT2D eigenvalue weighted by molar-refractivity contribution is -0.158. The number of likely N-dealkylation sites (tertiary alicyclic amines) is 1. The van der Waals surface area contributed by atoms with Gasteiger partial charge in [-0.2, -0.15) is 0 Å². The Hall–Kier alpha value is -4.30. The van der Waals surface area contributed by atoms with Crippen LogP contribution in [0.2, 0.25) is 0 Å². The lowest BCUT2D eigenvalue weighted by atomic mass is 9.85. The van der Waals surface area contributed by atoms with E-state index in [1.165, 1.54) is 12.0 Å². The molecule has 1 aliphatic heterocycles. The molecule has 0 aromatic heterocycles. The van der Waals surface area contributed by atoms with Gasteiger partial charge in [0.25, 0.3) is 0 Å². The van der Waals surface area contributed by atoms with Crippen molar-refractivity contribution in [3.05, 3.63) is 35.4 Å². The molecule has 4 N–H and O–H groups in total. The lowest BCUT2D eigenvalue weighted by Crippen LogP contribution is -2.62. The molecule has 5 amide bonds. The predicted molar refractivity (Wildman–Crippen MR) is 193 cm³/mol. The van der Waals surface area contributed by atoms with Gasteiger partial charge in [-0.1, -0.05) is 60.6 Å². The standard InChI is InChI=1S/C38H57F2N5O8/c1-20(2)27(34(50)53-37(6,7)8)43-35(51)44-29(36(3,4)5)32(48)45-19-23-26(38(23,9)10)28(45)31(47)42-24(18-25(39)40)30(46)41-17-16-21-12-14-22(15-13-21)33(49)52-11/h12-15,20,23-29H,16-19H2,1-11H3,(H,41,46)(H,42,47)(H2,43,44,51)/t23-,24?,26-,27-,28-,29+/m0/s1. The van der Waals surface area contributed by atoms with E-state index in [1.54, 1.807) is 79.7 Å². The highest BCUT2D eigenvalue weighted by Crippen LogP contribution is 2.65. The molecule has 1 saturated carbocycles. The zero-order valence-electron chi connectivity index (χ0n) is 32.7. The number of nitrogens with zero attached hydrogens (tertiary/aromatic N) is 1. The van der Waals surface area contributed by atoms with Gasteiger partial charge in [0.05, 0.1) is 12.7 Å². The minimum Gasteiger partial charge on any atom is -0.465 e. The number of halogens is 2. The van der Waals surface area contributed by atoms with Gasteiger partial charge in [-0.15, -0.1) is 0 Å². The lowest BCUT2D eigenvalue weighted by Gasteiger charge is -2.38. The average molecular weight is 750 g/mol. The summed E-state index contributed by atoms with van der Waals surface area (Å²) >= 11 is 0. The van der Waals surface area contributed by atoms with E-state index in [0.717, 1.165) is 5.56 Å². The van der Waals surface area contributed by atoms with Crippen molar-refractivity contribution >= 4 is 35.7 Å². The molecule has 13 nitrogen and oxygen atoms in total. The Bertz CT molecular complexity index is 1520. The highest BCUT2D eigenvalue weighted by atomic mass is 19.3. The number of hydrogen-bond acceptors (Lipinski definition) is 8. The molecule has 1 aliphatic carbocycles. The number of carbonyl (C=O) groups is 6. The minimum absolute atomic E-state index is 0.0675. The van der Waals surface area contributed by atoms with Gasteiger partial charge in [0, 0.05) is 19.5 Å². The van der Waals surface area contributed by atoms with Crippen molar-refractivity contribution < 1.29 is 47.0 Å². The molecular formula is C38H57F2N5O8. The number of ether oxygens (including phenoxy) is 2. The Morgan fingerprint density at radius 3 is 2.06 bits per heavy atom. The van der Waals surface area contributed by atoms with Gasteiger partial charge in [-0.25, -0.2) is 23.2 Å². The Balaban J connectivity index is 1.76. The molecule has 2 fully saturated rings. The second kappa shape index (κ2) is 16.8. The molecular weight excluding hydrogens is 692 g/mol. The normalized spacial score (nSPS) is 20.8. The molecule has 1 unspecified atom stereocenters. The number of benzene rings is 1. The van der Waals surface area contributed by atoms with Crippen molar-refractivity contribution in [2.75, 3.05) is 20.2 Å². The third-order valence-electron chi connectivity index (χ3n) is 9.90. The van der Waals surface area contributed by atoms with Crippen LogP contribution in [0.25, 0.3) is 0 Å². The number of urea groups is 1. The Morgan fingerprint density at radius 2 is 1.55 bits per heavy atom. The topological polar surface area (TPSA) is 172 Å². The van der Waals surface area contributed by atoms with Crippen LogP contribution in [0.1, 0.15) is 91.6 Å². The number of methoxy groups -OCH3 is 1. The van der Waals surface area contributed by atoms with Crippen LogP contribution < -0.4 is 21.3 Å². The van der Waals surface area contributed by atoms with Gasteiger partial charge < -0.3 is 35.6 Å². The molecule has 1 heterocycles. The number of carbonyl (C=O) groups excluding carboxylic acids is 6. The number of hydrogen-bond donors (Lipinski definition) is 4. The largest absolute Gasteiger partial charge is 0.465 e. The van der Waals surface area contributed by atoms with E-state index in [2.05, 4.69) is 26.0 Å². The highest BCUT2D eigenvalue weighted by molar-refractivity contribution is 5.96. The molecule has 1 aromatic carbocycles. The number of fused-ring (bicyclic) bond motifs is 1. The molecule has 0 bridgehead atoms. The van der Waals surface area contributed by atoms with Gasteiger partial charge in [-0.05, 0) is 73.5 Å². The van der Waals surface area contributed by atoms with Crippen LogP contribution >= 0.6 is 0 Å². The summed E-state index contributed by atoms with van der Waals surface area (Å²) in [5, 5.41) is 10.5. The summed E-state index contributed by atoms with van der Waals surface area (Å²) in [4.78, 5) is 80.7. The Morgan fingerprint density at radius 1 is 0.943 bits per heavy atom. The zero-order valence-corrected chi connectivity index (χ0v) is 32.7. The fourth-order valence-corrected chi connectivity index (χ4v) is 6.85. The first kappa shape index (κ1) is 43.1. The molecule has 1 saturated heterocycles. The summed E-state index contributed by atoms with van der Waals surface area (Å²) in [6, 6.07) is 0.925. The molecule has 15 heteroatoms. The number of amides is 5. The molecule has 1 aromatic rings. The SMILES string of the molecule is COC(=O)c1ccc(CCNC(=O)C(CC(F)F)NC(=O)[C@@H]2[C@@H]3[C@H](CN2C(=O)[C@@H](NC(=O)N[C@H](C(=O)OC(C)(C)C)C(C)C)C(C)(C)C)C3(C)C)cc1. The maximum absolute atomic E-state index is 14.3. The summed E-state index contributed by atoms with van der Waals surface area (Å²) in [6.07, 6.45) is -3.52. The summed E-state index contributed by atoms with van der Waals surface area (Å²) in [7, 11) is 1.27. The van der Waals surface area contributed by atoms with Crippen molar-refractivity contribution in [2.45, 2.75) is 118 Å². The van der Waals surface area contributed by atoms with Crippen LogP contribution in [0.4, 0.5) is 13.6 Å². The van der Waals surface area contributed by atoms with Gasteiger partial charge in [0.2, 0.25) is 24.1 Å². The molecule has 296 valence electrons. The van der Waals surface area contributed by atoms with Crippen LogP contribution in [0.5, 0.6) is 0 Å². The van der Waals surface area contributed by atoms with Crippen LogP contribution in [0.15, 0.2) is 24.3 Å². The van der Waals surface area contributed by atoms with Gasteiger partial charge in [0.15, 0.2) is 0 Å². The van der Waals surface area contributed by atoms with E-state index in [0.29, 0.717) is 12.0 Å². The Kier molecular flexibility index (Phi) is 13.7. The predicted octanol–water partition coefficient (Wildman–Crippen LogP) is 3.84. The van der Waals surface area contributed by atoms with Gasteiger partial charge in [0.1, 0.15) is 29.8 Å². The smallest absolute Gasteiger partial charge is 0.337 e. The van der Waals surface area contributed by atoms with Crippen molar-refractivity contribution in [2.24, 2.45) is 28.6 Å². The van der Waals surface area contributed by atoms with E-state index < -0.39 is 83.7 Å². The molecule has 3 rings (SSSR count). The van der Waals surface area contributed by atoms with Gasteiger partial charge >= 0.3 is 18.0 Å². The fraction of sp³-hybridized carbons (Fsp3) is 0.684. The number of nitrogens with one attached hydrogen (secondary N) is 4. The monoisotopic (exact) mass is 749 g/mol. The molecule has 53 heavy (non-hydrogen) atoms. The maximum Gasteiger partial charge on any atom is 0.337 e. The van der Waals surface area contributed by atoms with Crippen LogP contribution in [-0.2, 0) is 35.1 Å². The maximum atomic E-state index is 14.3. The highest BCUT2D eigenvalue weighted by Gasteiger charge is 2.70. The second-order valence-electron chi connectivity index (χ2n) is 17.0. The summed E-state index contributed by atoms with van der Waals surface area (Å²) < 4.78 is 37.6. The number of rotatable bonds is 14. The van der Waals surface area contributed by atoms with Crippen LogP contribution in [0, 0.1) is 28.6 Å². The Labute approximate surface area is 311 Å². The number of piperidine rings is 1. The molecule has 0 radical (unpaired) electrons. The second-order valence-corrected chi connectivity index (χ2v) is 17.0. The first-order valence-corrected chi connectivity index (χ1v) is 18.0. The molecule has 6 atom stereocenters. The van der Waals surface area contributed by atoms with E-state index >= 15 is 0 Å². The van der Waals surface area contributed by atoms with Crippen molar-refractivity contribution in [1.29, 1.82) is 0 Å². The quantitative estimate of drug-likeness (QED) is 0.208. The first-order valence-electron chi connectivity index (χ1n) is 18.0. The van der Waals surface area contributed by atoms with E-state index in [9.17, 15) is 37.5 Å². The number of esters is 2. The van der Waals surface area contributed by atoms with E-state index in [1.807, 2.05) is 13.8 Å². The number of alkyl halides is 2. The summed E-state index contributed by atoms with van der Waals surface area (Å²) in [6.45, 7) is 18.1. The molecule has 2 aliphatic rings. The van der Waals surface area contributed by atoms with E-state index in [-0.39, 0.29) is 36.3 Å². The third-order valence-corrected chi connectivity index (χ3v) is 9.90. The van der Waals surface area contributed by atoms with Crippen LogP contribution in [-0.4, -0.2) is 97.0 Å². The van der Waals surface area contributed by atoms with Crippen molar-refractivity contribution in [1.82, 2.24) is 26.2 Å². The zero-order chi connectivity index (χ0) is 40.2. The average Bonchev–Trinajstić information content (AvgIpc) is 3.35. The van der Waals surface area contributed by atoms with Crippen molar-refractivity contribution in [3.63, 3.8) is 0 Å². The first-order chi connectivity index (χ1) is 24.4. The fourth-order valence-electron chi connectivity index (χ4n) is 6.85. The van der Waals surface area contributed by atoms with E-state index in [4.69, 9.17) is 4.74 Å².